The Balaban J connectivity index is 1.44. The number of nitrogens with one attached hydrogen (secondary N) is 1. The highest BCUT2D eigenvalue weighted by Crippen LogP contribution is 2.21. The number of aryl methyl sites for hydroxylation is 2. The number of thioether (sulfide) groups is 1. The first-order valence-electron chi connectivity index (χ1n) is 8.04. The molecule has 0 aliphatic rings. The number of hydrogen-bond donors (Lipinski definition) is 1. The molecule has 26 heavy (non-hydrogen) atoms. The van der Waals surface area contributed by atoms with E-state index in [4.69, 9.17) is 13.6 Å². The average Bonchev–Trinajstić information content (AvgIpc) is 3.30. The van der Waals surface area contributed by atoms with Crippen LogP contribution in [0, 0.1) is 13.8 Å². The molecule has 0 aliphatic carbocycles. The zero-order chi connectivity index (χ0) is 18.4. The van der Waals surface area contributed by atoms with E-state index in [1.807, 2.05) is 32.0 Å². The SMILES string of the molecule is Cc1ccc(C)c(OCc2nnc(SCC(=O)NCc3ccco3)o2)c1. The average molecular weight is 373 g/mol. The van der Waals surface area contributed by atoms with E-state index in [0.29, 0.717) is 23.4 Å². The molecule has 8 heteroatoms. The standard InChI is InChI=1S/C18H19N3O4S/c1-12-5-6-13(2)15(8-12)24-10-17-20-21-18(25-17)26-11-16(22)19-9-14-4-3-7-23-14/h3-8H,9-11H2,1-2H3,(H,19,22). The minimum atomic E-state index is -0.141. The highest BCUT2D eigenvalue weighted by atomic mass is 32.2. The van der Waals surface area contributed by atoms with E-state index in [-0.39, 0.29) is 18.3 Å². The fraction of sp³-hybridized carbons (Fsp3) is 0.278. The molecule has 0 saturated carbocycles. The van der Waals surface area contributed by atoms with Crippen LogP contribution in [0.25, 0.3) is 0 Å². The van der Waals surface area contributed by atoms with Crippen molar-refractivity contribution in [3.8, 4) is 5.75 Å². The van der Waals surface area contributed by atoms with Crippen molar-refractivity contribution < 1.29 is 18.4 Å². The molecule has 0 aliphatic heterocycles. The molecule has 0 spiro atoms. The molecule has 0 atom stereocenters. The predicted octanol–water partition coefficient (Wildman–Crippen LogP) is 3.27. The summed E-state index contributed by atoms with van der Waals surface area (Å²) in [5.74, 6) is 1.89. The molecule has 7 nitrogen and oxygen atoms in total. The molecule has 136 valence electrons. The summed E-state index contributed by atoms with van der Waals surface area (Å²) >= 11 is 1.18. The quantitative estimate of drug-likeness (QED) is 0.606. The van der Waals surface area contributed by atoms with Crippen molar-refractivity contribution in [1.29, 1.82) is 0 Å². The summed E-state index contributed by atoms with van der Waals surface area (Å²) in [5.41, 5.74) is 2.16. The summed E-state index contributed by atoms with van der Waals surface area (Å²) in [6, 6.07) is 9.57. The smallest absolute Gasteiger partial charge is 0.277 e. The number of carbonyl (C=O) groups excluding carboxylic acids is 1. The van der Waals surface area contributed by atoms with Crippen molar-refractivity contribution in [3.63, 3.8) is 0 Å². The molecule has 3 rings (SSSR count). The molecule has 1 amide bonds. The first kappa shape index (κ1) is 18.1. The number of furan rings is 1. The van der Waals surface area contributed by atoms with Crippen LogP contribution in [0.1, 0.15) is 22.8 Å². The monoisotopic (exact) mass is 373 g/mol. The van der Waals surface area contributed by atoms with Crippen LogP contribution in [-0.2, 0) is 17.9 Å². The third-order valence-corrected chi connectivity index (χ3v) is 4.33. The molecule has 0 radical (unpaired) electrons. The maximum Gasteiger partial charge on any atom is 0.277 e. The Morgan fingerprint density at radius 2 is 2.15 bits per heavy atom. The van der Waals surface area contributed by atoms with Gasteiger partial charge in [0.1, 0.15) is 11.5 Å². The molecule has 2 heterocycles. The summed E-state index contributed by atoms with van der Waals surface area (Å²) in [4.78, 5) is 11.8. The van der Waals surface area contributed by atoms with Gasteiger partial charge in [-0.2, -0.15) is 0 Å². The first-order chi connectivity index (χ1) is 12.6. The second kappa shape index (κ2) is 8.57. The van der Waals surface area contributed by atoms with Gasteiger partial charge in [0.25, 0.3) is 11.1 Å². The van der Waals surface area contributed by atoms with Crippen LogP contribution in [0.15, 0.2) is 50.7 Å². The van der Waals surface area contributed by atoms with Crippen LogP contribution in [-0.4, -0.2) is 21.9 Å². The van der Waals surface area contributed by atoms with Crippen molar-refractivity contribution in [1.82, 2.24) is 15.5 Å². The third kappa shape index (κ3) is 5.13. The highest BCUT2D eigenvalue weighted by Gasteiger charge is 2.11. The van der Waals surface area contributed by atoms with Gasteiger partial charge in [-0.25, -0.2) is 0 Å². The molecular formula is C18H19N3O4S. The van der Waals surface area contributed by atoms with Crippen LogP contribution >= 0.6 is 11.8 Å². The summed E-state index contributed by atoms with van der Waals surface area (Å²) in [6.07, 6.45) is 1.57. The summed E-state index contributed by atoms with van der Waals surface area (Å²) in [6.45, 7) is 4.52. The second-order valence-electron chi connectivity index (χ2n) is 5.66. The van der Waals surface area contributed by atoms with Gasteiger partial charge in [-0.3, -0.25) is 4.79 Å². The first-order valence-corrected chi connectivity index (χ1v) is 9.03. The van der Waals surface area contributed by atoms with Crippen molar-refractivity contribution in [2.24, 2.45) is 0 Å². The van der Waals surface area contributed by atoms with Crippen molar-refractivity contribution in [2.45, 2.75) is 32.2 Å². The zero-order valence-electron chi connectivity index (χ0n) is 14.5. The Morgan fingerprint density at radius 1 is 1.27 bits per heavy atom. The van der Waals surface area contributed by atoms with Crippen LogP contribution < -0.4 is 10.1 Å². The molecule has 0 fully saturated rings. The Bertz CT molecular complexity index is 861. The Kier molecular flexibility index (Phi) is 5.96. The van der Waals surface area contributed by atoms with E-state index < -0.39 is 0 Å². The predicted molar refractivity (Wildman–Crippen MR) is 95.8 cm³/mol. The van der Waals surface area contributed by atoms with Gasteiger partial charge < -0.3 is 18.9 Å². The van der Waals surface area contributed by atoms with Gasteiger partial charge in [0, 0.05) is 0 Å². The Hall–Kier alpha value is -2.74. The van der Waals surface area contributed by atoms with E-state index >= 15 is 0 Å². The lowest BCUT2D eigenvalue weighted by Crippen LogP contribution is -2.24. The topological polar surface area (TPSA) is 90.4 Å². The Morgan fingerprint density at radius 3 is 2.96 bits per heavy atom. The molecule has 0 unspecified atom stereocenters. The molecule has 2 aromatic heterocycles. The summed E-state index contributed by atoms with van der Waals surface area (Å²) < 4.78 is 16.4. The number of carbonyl (C=O) groups is 1. The minimum Gasteiger partial charge on any atom is -0.484 e. The van der Waals surface area contributed by atoms with E-state index in [9.17, 15) is 4.79 Å². The van der Waals surface area contributed by atoms with Crippen LogP contribution in [0.5, 0.6) is 5.75 Å². The number of benzene rings is 1. The van der Waals surface area contributed by atoms with Crippen LogP contribution in [0.3, 0.4) is 0 Å². The number of amides is 1. The van der Waals surface area contributed by atoms with E-state index in [2.05, 4.69) is 15.5 Å². The lowest BCUT2D eigenvalue weighted by molar-refractivity contribution is -0.118. The van der Waals surface area contributed by atoms with Crippen molar-refractivity contribution >= 4 is 17.7 Å². The number of ether oxygens (including phenoxy) is 1. The summed E-state index contributed by atoms with van der Waals surface area (Å²) in [7, 11) is 0. The second-order valence-corrected chi connectivity index (χ2v) is 6.59. The molecule has 1 aromatic carbocycles. The van der Waals surface area contributed by atoms with Gasteiger partial charge in [-0.15, -0.1) is 10.2 Å². The van der Waals surface area contributed by atoms with E-state index in [1.54, 1.807) is 18.4 Å². The van der Waals surface area contributed by atoms with Crippen LogP contribution in [0.2, 0.25) is 0 Å². The van der Waals surface area contributed by atoms with Crippen LogP contribution in [0.4, 0.5) is 0 Å². The largest absolute Gasteiger partial charge is 0.484 e. The summed E-state index contributed by atoms with van der Waals surface area (Å²) in [5, 5.41) is 10.9. The maximum atomic E-state index is 11.8. The highest BCUT2D eigenvalue weighted by molar-refractivity contribution is 7.99. The van der Waals surface area contributed by atoms with Crippen molar-refractivity contribution in [3.05, 3.63) is 59.4 Å². The van der Waals surface area contributed by atoms with Gasteiger partial charge >= 0.3 is 0 Å². The third-order valence-electron chi connectivity index (χ3n) is 3.51. The number of hydrogen-bond acceptors (Lipinski definition) is 7. The lowest BCUT2D eigenvalue weighted by Gasteiger charge is -2.07. The van der Waals surface area contributed by atoms with Crippen molar-refractivity contribution in [2.75, 3.05) is 5.75 Å². The fourth-order valence-corrected chi connectivity index (χ4v) is 2.74. The van der Waals surface area contributed by atoms with Gasteiger partial charge in [0.15, 0.2) is 6.61 Å². The molecule has 0 bridgehead atoms. The van der Waals surface area contributed by atoms with E-state index in [1.165, 1.54) is 11.8 Å². The number of aromatic nitrogens is 2. The molecule has 3 aromatic rings. The normalized spacial score (nSPS) is 10.7. The number of rotatable bonds is 8. The zero-order valence-corrected chi connectivity index (χ0v) is 15.3. The molecular weight excluding hydrogens is 354 g/mol. The lowest BCUT2D eigenvalue weighted by atomic mass is 10.1. The number of nitrogens with zero attached hydrogens (tertiary/aromatic N) is 2. The molecule has 1 N–H and O–H groups in total. The van der Waals surface area contributed by atoms with Gasteiger partial charge in [-0.1, -0.05) is 23.9 Å². The van der Waals surface area contributed by atoms with E-state index in [0.717, 1.165) is 16.9 Å². The Labute approximate surface area is 155 Å². The maximum absolute atomic E-state index is 11.8. The van der Waals surface area contributed by atoms with Gasteiger partial charge in [0.05, 0.1) is 18.6 Å². The minimum absolute atomic E-state index is 0.141. The molecule has 0 saturated heterocycles. The van der Waals surface area contributed by atoms with Gasteiger partial charge in [0.2, 0.25) is 5.91 Å². The van der Waals surface area contributed by atoms with Gasteiger partial charge in [-0.05, 0) is 43.2 Å². The fourth-order valence-electron chi connectivity index (χ4n) is 2.13.